The highest BCUT2D eigenvalue weighted by Crippen LogP contribution is 2.43. The van der Waals surface area contributed by atoms with Crippen LogP contribution in [0.4, 0.5) is 5.69 Å². The number of likely N-dealkylation sites (N-methyl/N-ethyl adjacent to an activating group) is 1. The van der Waals surface area contributed by atoms with Crippen molar-refractivity contribution in [3.63, 3.8) is 0 Å². The monoisotopic (exact) mass is 307 g/mol. The molecular formula is C22H29N. The minimum Gasteiger partial charge on any atom is -0.345 e. The molecule has 1 atom stereocenters. The molecule has 3 rings (SSSR count). The Labute approximate surface area is 141 Å². The number of benzene rings is 1. The molecule has 0 saturated carbocycles. The first-order valence-electron chi connectivity index (χ1n) is 8.58. The van der Waals surface area contributed by atoms with Gasteiger partial charge in [0.15, 0.2) is 0 Å². The van der Waals surface area contributed by atoms with Crippen LogP contribution in [0.25, 0.3) is 0 Å². The van der Waals surface area contributed by atoms with E-state index in [1.54, 1.807) is 0 Å². The average molecular weight is 307 g/mol. The first-order valence-corrected chi connectivity index (χ1v) is 8.58. The minimum atomic E-state index is 0.169. The van der Waals surface area contributed by atoms with Crippen LogP contribution >= 0.6 is 0 Å². The van der Waals surface area contributed by atoms with E-state index in [0.29, 0.717) is 5.92 Å². The summed E-state index contributed by atoms with van der Waals surface area (Å²) in [6.45, 7) is 13.7. The Morgan fingerprint density at radius 3 is 2.17 bits per heavy atom. The molecule has 2 bridgehead atoms. The van der Waals surface area contributed by atoms with Gasteiger partial charge in [-0.1, -0.05) is 65.8 Å². The zero-order chi connectivity index (χ0) is 17.0. The second-order valence-corrected chi connectivity index (χ2v) is 8.91. The molecule has 0 spiro atoms. The van der Waals surface area contributed by atoms with Gasteiger partial charge in [-0.2, -0.15) is 0 Å². The van der Waals surface area contributed by atoms with E-state index in [1.165, 1.54) is 28.1 Å². The van der Waals surface area contributed by atoms with Crippen molar-refractivity contribution >= 4 is 5.69 Å². The minimum absolute atomic E-state index is 0.169. The molecule has 1 heterocycles. The van der Waals surface area contributed by atoms with Crippen LogP contribution < -0.4 is 4.90 Å². The molecule has 122 valence electrons. The Hall–Kier alpha value is -1.76. The Kier molecular flexibility index (Phi) is 3.59. The van der Waals surface area contributed by atoms with E-state index in [2.05, 4.69) is 96.0 Å². The van der Waals surface area contributed by atoms with Gasteiger partial charge in [0.1, 0.15) is 0 Å². The fraction of sp³-hybridized carbons (Fsp3) is 0.455. The van der Waals surface area contributed by atoms with E-state index < -0.39 is 0 Å². The van der Waals surface area contributed by atoms with Crippen molar-refractivity contribution in [1.29, 1.82) is 0 Å². The highest BCUT2D eigenvalue weighted by molar-refractivity contribution is 5.68. The quantitative estimate of drug-likeness (QED) is 0.573. The van der Waals surface area contributed by atoms with Gasteiger partial charge in [-0.25, -0.2) is 0 Å². The van der Waals surface area contributed by atoms with Crippen LogP contribution in [0, 0.1) is 5.41 Å². The van der Waals surface area contributed by atoms with Gasteiger partial charge in [-0.3, -0.25) is 0 Å². The second-order valence-electron chi connectivity index (χ2n) is 8.91. The van der Waals surface area contributed by atoms with E-state index in [1.807, 2.05) is 0 Å². The third kappa shape index (κ3) is 2.89. The van der Waals surface area contributed by atoms with E-state index >= 15 is 0 Å². The van der Waals surface area contributed by atoms with Gasteiger partial charge in [-0.15, -0.1) is 0 Å². The molecule has 1 aliphatic heterocycles. The molecule has 1 aromatic carbocycles. The number of fused-ring (bicyclic) bond motifs is 3. The van der Waals surface area contributed by atoms with E-state index in [4.69, 9.17) is 0 Å². The molecule has 0 fully saturated rings. The molecule has 0 amide bonds. The zero-order valence-electron chi connectivity index (χ0n) is 15.6. The zero-order valence-corrected chi connectivity index (χ0v) is 15.6. The Balaban J connectivity index is 2.16. The number of hydrogen-bond donors (Lipinski definition) is 0. The van der Waals surface area contributed by atoms with Crippen molar-refractivity contribution in [3.05, 3.63) is 64.9 Å². The molecule has 1 heteroatoms. The van der Waals surface area contributed by atoms with E-state index in [-0.39, 0.29) is 10.8 Å². The maximum absolute atomic E-state index is 2.45. The van der Waals surface area contributed by atoms with Crippen LogP contribution in [0.15, 0.2) is 53.8 Å². The largest absolute Gasteiger partial charge is 0.345 e. The molecule has 1 unspecified atom stereocenters. The average Bonchev–Trinajstić information content (AvgIpc) is 2.64. The van der Waals surface area contributed by atoms with Crippen molar-refractivity contribution in [1.82, 2.24) is 0 Å². The fourth-order valence-corrected chi connectivity index (χ4v) is 3.35. The van der Waals surface area contributed by atoms with Crippen LogP contribution in [0.2, 0.25) is 0 Å². The van der Waals surface area contributed by atoms with Crippen molar-refractivity contribution in [2.24, 2.45) is 5.41 Å². The molecule has 1 nitrogen and oxygen atoms in total. The van der Waals surface area contributed by atoms with Gasteiger partial charge in [0.05, 0.1) is 0 Å². The van der Waals surface area contributed by atoms with Crippen LogP contribution in [0.5, 0.6) is 0 Å². The topological polar surface area (TPSA) is 3.24 Å². The Morgan fingerprint density at radius 1 is 0.870 bits per heavy atom. The molecule has 0 saturated heterocycles. The smallest absolute Gasteiger partial charge is 0.0450 e. The Morgan fingerprint density at radius 2 is 1.57 bits per heavy atom. The van der Waals surface area contributed by atoms with Gasteiger partial charge in [0.2, 0.25) is 0 Å². The van der Waals surface area contributed by atoms with E-state index in [0.717, 1.165) is 0 Å². The Bertz CT molecular complexity index is 717. The molecule has 0 aromatic heterocycles. The summed E-state index contributed by atoms with van der Waals surface area (Å²) in [4.78, 5) is 2.31. The van der Waals surface area contributed by atoms with Crippen molar-refractivity contribution in [2.45, 2.75) is 52.9 Å². The van der Waals surface area contributed by atoms with Crippen molar-refractivity contribution in [2.75, 3.05) is 11.9 Å². The van der Waals surface area contributed by atoms with Crippen molar-refractivity contribution < 1.29 is 0 Å². The number of anilines is 1. The molecule has 1 aromatic rings. The van der Waals surface area contributed by atoms with Crippen LogP contribution in [-0.4, -0.2) is 7.05 Å². The summed E-state index contributed by atoms with van der Waals surface area (Å²) in [6, 6.07) is 6.98. The molecule has 0 radical (unpaired) electrons. The van der Waals surface area contributed by atoms with Gasteiger partial charge in [0, 0.05) is 24.4 Å². The predicted molar refractivity (Wildman–Crippen MR) is 101 cm³/mol. The lowest BCUT2D eigenvalue weighted by atomic mass is 9.80. The SMILES string of the molecule is CN1C2=CC(C=C(C(C)(C)C)C=C2)c2cc(C(C)(C)C)ccc21. The van der Waals surface area contributed by atoms with Gasteiger partial charge in [0.25, 0.3) is 0 Å². The summed E-state index contributed by atoms with van der Waals surface area (Å²) >= 11 is 0. The summed E-state index contributed by atoms with van der Waals surface area (Å²) in [6.07, 6.45) is 9.39. The van der Waals surface area contributed by atoms with Gasteiger partial charge < -0.3 is 4.90 Å². The third-order valence-corrected chi connectivity index (χ3v) is 5.01. The fourth-order valence-electron chi connectivity index (χ4n) is 3.35. The van der Waals surface area contributed by atoms with Gasteiger partial charge >= 0.3 is 0 Å². The lowest BCUT2D eigenvalue weighted by molar-refractivity contribution is 0.514. The molecular weight excluding hydrogens is 278 g/mol. The van der Waals surface area contributed by atoms with Gasteiger partial charge in [-0.05, 0) is 45.7 Å². The number of allylic oxidation sites excluding steroid dienone is 5. The lowest BCUT2D eigenvalue weighted by Crippen LogP contribution is -2.22. The molecule has 1 aliphatic carbocycles. The standard InChI is InChI=1S/C22H29N/c1-21(2,3)16-8-10-18-13-15(12-16)19-14-17(22(4,5)6)9-11-20(19)23(18)7/h8-15H,1-7H3. The maximum atomic E-state index is 2.45. The second kappa shape index (κ2) is 5.12. The van der Waals surface area contributed by atoms with E-state index in [9.17, 15) is 0 Å². The predicted octanol–water partition coefficient (Wildman–Crippen LogP) is 5.94. The lowest BCUT2D eigenvalue weighted by Gasteiger charge is -2.32. The molecule has 0 N–H and O–H groups in total. The summed E-state index contributed by atoms with van der Waals surface area (Å²) < 4.78 is 0. The summed E-state index contributed by atoms with van der Waals surface area (Å²) in [5.41, 5.74) is 7.22. The molecule has 2 aliphatic rings. The summed E-state index contributed by atoms with van der Waals surface area (Å²) in [5, 5.41) is 0. The first-order chi connectivity index (χ1) is 10.6. The highest BCUT2D eigenvalue weighted by atomic mass is 15.1. The number of hydrogen-bond acceptors (Lipinski definition) is 1. The molecule has 23 heavy (non-hydrogen) atoms. The summed E-state index contributed by atoms with van der Waals surface area (Å²) in [5.74, 6) is 0.364. The highest BCUT2D eigenvalue weighted by Gasteiger charge is 2.27. The summed E-state index contributed by atoms with van der Waals surface area (Å²) in [7, 11) is 2.17. The van der Waals surface area contributed by atoms with Crippen LogP contribution in [-0.2, 0) is 5.41 Å². The number of nitrogens with zero attached hydrogens (tertiary/aromatic N) is 1. The van der Waals surface area contributed by atoms with Crippen molar-refractivity contribution in [3.8, 4) is 0 Å². The maximum Gasteiger partial charge on any atom is 0.0450 e. The third-order valence-electron chi connectivity index (χ3n) is 5.01. The normalized spacial score (nSPS) is 20.7. The first kappa shape index (κ1) is 16.1. The number of rotatable bonds is 0. The van der Waals surface area contributed by atoms with Crippen LogP contribution in [0.3, 0.4) is 0 Å². The van der Waals surface area contributed by atoms with Crippen LogP contribution in [0.1, 0.15) is 58.6 Å².